The third kappa shape index (κ3) is 3.02. The largest absolute Gasteiger partial charge is 0.309 e. The monoisotopic (exact) mass is 224 g/mol. The SMILES string of the molecule is Cc1nc(C(C)NCCC2CCC2)cs1. The van der Waals surface area contributed by atoms with E-state index in [1.54, 1.807) is 11.3 Å². The fourth-order valence-corrected chi connectivity index (χ4v) is 2.68. The molecule has 1 N–H and O–H groups in total. The van der Waals surface area contributed by atoms with E-state index in [0.717, 1.165) is 17.5 Å². The van der Waals surface area contributed by atoms with Gasteiger partial charge in [-0.1, -0.05) is 19.3 Å². The molecule has 0 radical (unpaired) electrons. The molecule has 0 aromatic carbocycles. The van der Waals surface area contributed by atoms with E-state index >= 15 is 0 Å². The smallest absolute Gasteiger partial charge is 0.0898 e. The molecule has 0 spiro atoms. The highest BCUT2D eigenvalue weighted by atomic mass is 32.1. The molecular formula is C12H20N2S. The van der Waals surface area contributed by atoms with Crippen LogP contribution in [0.2, 0.25) is 0 Å². The number of rotatable bonds is 5. The molecule has 0 bridgehead atoms. The summed E-state index contributed by atoms with van der Waals surface area (Å²) in [5.74, 6) is 1.00. The molecule has 1 aromatic heterocycles. The number of aromatic nitrogens is 1. The molecule has 1 saturated carbocycles. The summed E-state index contributed by atoms with van der Waals surface area (Å²) in [6, 6.07) is 0.412. The lowest BCUT2D eigenvalue weighted by Gasteiger charge is -2.25. The molecule has 1 aliphatic rings. The Hall–Kier alpha value is -0.410. The summed E-state index contributed by atoms with van der Waals surface area (Å²) in [6.07, 6.45) is 5.69. The van der Waals surface area contributed by atoms with Crippen molar-refractivity contribution in [3.8, 4) is 0 Å². The topological polar surface area (TPSA) is 24.9 Å². The van der Waals surface area contributed by atoms with E-state index in [0.29, 0.717) is 6.04 Å². The molecule has 84 valence electrons. The van der Waals surface area contributed by atoms with Gasteiger partial charge in [0.05, 0.1) is 10.7 Å². The molecule has 1 heterocycles. The first-order chi connectivity index (χ1) is 7.25. The van der Waals surface area contributed by atoms with Gasteiger partial charge in [-0.3, -0.25) is 0 Å². The van der Waals surface area contributed by atoms with Crippen molar-refractivity contribution >= 4 is 11.3 Å². The molecule has 0 amide bonds. The van der Waals surface area contributed by atoms with Gasteiger partial charge in [-0.2, -0.15) is 0 Å². The van der Waals surface area contributed by atoms with Crippen molar-refractivity contribution in [1.29, 1.82) is 0 Å². The zero-order valence-electron chi connectivity index (χ0n) is 9.62. The van der Waals surface area contributed by atoms with E-state index in [1.165, 1.54) is 31.4 Å². The van der Waals surface area contributed by atoms with Crippen molar-refractivity contribution in [2.24, 2.45) is 5.92 Å². The van der Waals surface area contributed by atoms with Gasteiger partial charge in [-0.25, -0.2) is 4.98 Å². The lowest BCUT2D eigenvalue weighted by molar-refractivity contribution is 0.288. The summed E-state index contributed by atoms with van der Waals surface area (Å²) in [7, 11) is 0. The highest BCUT2D eigenvalue weighted by Gasteiger charge is 2.17. The van der Waals surface area contributed by atoms with Crippen LogP contribution in [0.25, 0.3) is 0 Å². The van der Waals surface area contributed by atoms with Crippen LogP contribution < -0.4 is 5.32 Å². The minimum Gasteiger partial charge on any atom is -0.309 e. The summed E-state index contributed by atoms with van der Waals surface area (Å²) in [5, 5.41) is 6.88. The average Bonchev–Trinajstić information content (AvgIpc) is 2.56. The molecule has 1 aliphatic carbocycles. The second-order valence-electron chi connectivity index (χ2n) is 4.55. The average molecular weight is 224 g/mol. The normalized spacial score (nSPS) is 18.8. The maximum atomic E-state index is 4.50. The van der Waals surface area contributed by atoms with Gasteiger partial charge in [-0.05, 0) is 32.7 Å². The van der Waals surface area contributed by atoms with Crippen LogP contribution in [-0.2, 0) is 0 Å². The third-order valence-corrected chi connectivity index (χ3v) is 4.10. The molecule has 1 fully saturated rings. The van der Waals surface area contributed by atoms with E-state index in [2.05, 4.69) is 29.5 Å². The summed E-state index contributed by atoms with van der Waals surface area (Å²) >= 11 is 1.74. The van der Waals surface area contributed by atoms with Crippen LogP contribution in [0.4, 0.5) is 0 Å². The molecule has 1 unspecified atom stereocenters. The Kier molecular flexibility index (Phi) is 3.76. The summed E-state index contributed by atoms with van der Waals surface area (Å²) in [4.78, 5) is 4.50. The number of nitrogens with one attached hydrogen (secondary N) is 1. The zero-order valence-corrected chi connectivity index (χ0v) is 10.4. The molecule has 0 saturated heterocycles. The van der Waals surface area contributed by atoms with E-state index in [9.17, 15) is 0 Å². The number of nitrogens with zero attached hydrogens (tertiary/aromatic N) is 1. The van der Waals surface area contributed by atoms with Crippen LogP contribution in [0.5, 0.6) is 0 Å². The fraction of sp³-hybridized carbons (Fsp3) is 0.750. The molecule has 15 heavy (non-hydrogen) atoms. The Balaban J connectivity index is 1.69. The second kappa shape index (κ2) is 5.08. The Morgan fingerprint density at radius 1 is 1.60 bits per heavy atom. The van der Waals surface area contributed by atoms with Crippen LogP contribution in [0.3, 0.4) is 0 Å². The van der Waals surface area contributed by atoms with Crippen LogP contribution in [0, 0.1) is 12.8 Å². The Morgan fingerprint density at radius 2 is 2.40 bits per heavy atom. The highest BCUT2D eigenvalue weighted by Crippen LogP contribution is 2.29. The van der Waals surface area contributed by atoms with Crippen molar-refractivity contribution in [3.05, 3.63) is 16.1 Å². The van der Waals surface area contributed by atoms with Crippen molar-refractivity contribution in [2.45, 2.75) is 45.6 Å². The van der Waals surface area contributed by atoms with Crippen LogP contribution >= 0.6 is 11.3 Å². The van der Waals surface area contributed by atoms with Gasteiger partial charge in [-0.15, -0.1) is 11.3 Å². The predicted molar refractivity (Wildman–Crippen MR) is 65.2 cm³/mol. The number of hydrogen-bond acceptors (Lipinski definition) is 3. The van der Waals surface area contributed by atoms with Crippen molar-refractivity contribution in [1.82, 2.24) is 10.3 Å². The fourth-order valence-electron chi connectivity index (χ4n) is 1.97. The van der Waals surface area contributed by atoms with Gasteiger partial charge in [0.1, 0.15) is 0 Å². The minimum absolute atomic E-state index is 0.412. The number of aryl methyl sites for hydroxylation is 1. The van der Waals surface area contributed by atoms with Gasteiger partial charge in [0.25, 0.3) is 0 Å². The minimum atomic E-state index is 0.412. The number of thiazole rings is 1. The van der Waals surface area contributed by atoms with Crippen molar-refractivity contribution < 1.29 is 0 Å². The van der Waals surface area contributed by atoms with Crippen molar-refractivity contribution in [2.75, 3.05) is 6.54 Å². The van der Waals surface area contributed by atoms with Gasteiger partial charge in [0, 0.05) is 11.4 Å². The maximum Gasteiger partial charge on any atom is 0.0898 e. The van der Waals surface area contributed by atoms with Crippen LogP contribution in [0.15, 0.2) is 5.38 Å². The van der Waals surface area contributed by atoms with E-state index < -0.39 is 0 Å². The first-order valence-electron chi connectivity index (χ1n) is 5.91. The summed E-state index contributed by atoms with van der Waals surface area (Å²) < 4.78 is 0. The van der Waals surface area contributed by atoms with E-state index in [-0.39, 0.29) is 0 Å². The predicted octanol–water partition coefficient (Wildman–Crippen LogP) is 3.29. The van der Waals surface area contributed by atoms with E-state index in [4.69, 9.17) is 0 Å². The second-order valence-corrected chi connectivity index (χ2v) is 5.62. The summed E-state index contributed by atoms with van der Waals surface area (Å²) in [5.41, 5.74) is 1.20. The summed E-state index contributed by atoms with van der Waals surface area (Å²) in [6.45, 7) is 5.41. The molecule has 3 heteroatoms. The molecule has 2 nitrogen and oxygen atoms in total. The standard InChI is InChI=1S/C12H20N2S/c1-9(12-8-15-10(2)14-12)13-7-6-11-4-3-5-11/h8-9,11,13H,3-7H2,1-2H3. The van der Waals surface area contributed by atoms with Gasteiger partial charge < -0.3 is 5.32 Å². The van der Waals surface area contributed by atoms with Gasteiger partial charge in [0.15, 0.2) is 0 Å². The van der Waals surface area contributed by atoms with Crippen molar-refractivity contribution in [3.63, 3.8) is 0 Å². The Bertz CT molecular complexity index is 304. The van der Waals surface area contributed by atoms with Crippen LogP contribution in [0.1, 0.15) is 49.4 Å². The third-order valence-electron chi connectivity index (χ3n) is 3.31. The van der Waals surface area contributed by atoms with Gasteiger partial charge in [0.2, 0.25) is 0 Å². The Morgan fingerprint density at radius 3 is 2.93 bits per heavy atom. The maximum absolute atomic E-state index is 4.50. The van der Waals surface area contributed by atoms with Crippen LogP contribution in [-0.4, -0.2) is 11.5 Å². The molecule has 1 atom stereocenters. The van der Waals surface area contributed by atoms with Gasteiger partial charge >= 0.3 is 0 Å². The molecule has 2 rings (SSSR count). The number of hydrogen-bond donors (Lipinski definition) is 1. The zero-order chi connectivity index (χ0) is 10.7. The lowest BCUT2D eigenvalue weighted by atomic mass is 9.83. The highest BCUT2D eigenvalue weighted by molar-refractivity contribution is 7.09. The molecule has 1 aromatic rings. The molecule has 0 aliphatic heterocycles. The molecular weight excluding hydrogens is 204 g/mol. The van der Waals surface area contributed by atoms with E-state index in [1.807, 2.05) is 0 Å². The quantitative estimate of drug-likeness (QED) is 0.830. The Labute approximate surface area is 96.1 Å². The first-order valence-corrected chi connectivity index (χ1v) is 6.79. The first kappa shape index (κ1) is 11.1. The lowest BCUT2D eigenvalue weighted by Crippen LogP contribution is -2.24.